The minimum atomic E-state index is -0.388. The number of hydrogen-bond acceptors (Lipinski definition) is 5. The van der Waals surface area contributed by atoms with Crippen LogP contribution in [0.25, 0.3) is 17.3 Å². The standard InChI is InChI=1S/C20H15BrN4O2/c1-11(9-14-3-2-8-26-14)16-15(10-22)19(23)27-20-17(16)18(24-25-20)12-4-6-13(21)7-5-12/h2-9,16H,23H2,1H3,(H,24,25). The molecular formula is C20H15BrN4O2. The Morgan fingerprint density at radius 3 is 2.78 bits per heavy atom. The minimum absolute atomic E-state index is 0.0658. The SMILES string of the molecule is CC(=Cc1ccco1)C1C(C#N)=C(N)Oc2n[nH]c(-c3ccc(Br)cc3)c21. The average Bonchev–Trinajstić information content (AvgIpc) is 3.31. The molecule has 0 saturated carbocycles. The van der Waals surface area contributed by atoms with Gasteiger partial charge in [-0.2, -0.15) is 5.26 Å². The molecule has 7 heteroatoms. The van der Waals surface area contributed by atoms with Crippen LogP contribution in [0, 0.1) is 11.3 Å². The maximum Gasteiger partial charge on any atom is 0.244 e. The molecule has 1 aromatic carbocycles. The van der Waals surface area contributed by atoms with Crippen molar-refractivity contribution in [1.82, 2.24) is 10.2 Å². The molecule has 1 aliphatic rings. The molecular weight excluding hydrogens is 408 g/mol. The van der Waals surface area contributed by atoms with Crippen LogP contribution in [0.1, 0.15) is 24.2 Å². The van der Waals surface area contributed by atoms with Gasteiger partial charge < -0.3 is 14.9 Å². The zero-order valence-electron chi connectivity index (χ0n) is 14.4. The molecule has 6 nitrogen and oxygen atoms in total. The summed E-state index contributed by atoms with van der Waals surface area (Å²) in [5.74, 6) is 0.754. The maximum absolute atomic E-state index is 9.71. The number of H-pyrrole nitrogens is 1. The van der Waals surface area contributed by atoms with E-state index >= 15 is 0 Å². The summed E-state index contributed by atoms with van der Waals surface area (Å²) in [4.78, 5) is 0. The monoisotopic (exact) mass is 422 g/mol. The highest BCUT2D eigenvalue weighted by Crippen LogP contribution is 2.46. The second-order valence-corrected chi connectivity index (χ2v) is 7.07. The molecule has 1 aliphatic heterocycles. The van der Waals surface area contributed by atoms with Crippen LogP contribution in [-0.2, 0) is 0 Å². The molecule has 134 valence electrons. The van der Waals surface area contributed by atoms with Crippen LogP contribution < -0.4 is 10.5 Å². The number of halogens is 1. The molecule has 0 bridgehead atoms. The van der Waals surface area contributed by atoms with E-state index in [-0.39, 0.29) is 11.8 Å². The van der Waals surface area contributed by atoms with Crippen molar-refractivity contribution in [3.63, 3.8) is 0 Å². The van der Waals surface area contributed by atoms with Crippen LogP contribution in [0.5, 0.6) is 5.88 Å². The Morgan fingerprint density at radius 1 is 1.33 bits per heavy atom. The molecule has 1 atom stereocenters. The lowest BCUT2D eigenvalue weighted by atomic mass is 9.83. The third-order valence-corrected chi connectivity index (χ3v) is 4.97. The molecule has 0 amide bonds. The van der Waals surface area contributed by atoms with E-state index in [1.807, 2.05) is 49.4 Å². The van der Waals surface area contributed by atoms with Gasteiger partial charge in [-0.3, -0.25) is 5.10 Å². The van der Waals surface area contributed by atoms with Gasteiger partial charge in [0.2, 0.25) is 11.8 Å². The van der Waals surface area contributed by atoms with Crippen LogP contribution >= 0.6 is 15.9 Å². The Morgan fingerprint density at radius 2 is 2.11 bits per heavy atom. The lowest BCUT2D eigenvalue weighted by Gasteiger charge is -2.24. The number of ether oxygens (including phenoxy) is 1. The topological polar surface area (TPSA) is 101 Å². The molecule has 0 saturated heterocycles. The van der Waals surface area contributed by atoms with E-state index in [4.69, 9.17) is 14.9 Å². The Hall–Kier alpha value is -3.24. The Labute approximate surface area is 164 Å². The first-order valence-corrected chi connectivity index (χ1v) is 9.01. The van der Waals surface area contributed by atoms with E-state index < -0.39 is 0 Å². The number of hydrogen-bond donors (Lipinski definition) is 2. The fraction of sp³-hybridized carbons (Fsp3) is 0.100. The van der Waals surface area contributed by atoms with Crippen LogP contribution in [0.2, 0.25) is 0 Å². The summed E-state index contributed by atoms with van der Waals surface area (Å²) in [6.45, 7) is 1.94. The third kappa shape index (κ3) is 3.04. The summed E-state index contributed by atoms with van der Waals surface area (Å²) in [6, 6.07) is 13.7. The van der Waals surface area contributed by atoms with E-state index in [0.29, 0.717) is 17.2 Å². The summed E-state index contributed by atoms with van der Waals surface area (Å²) < 4.78 is 12.0. The van der Waals surface area contributed by atoms with Gasteiger partial charge in [-0.15, -0.1) is 5.10 Å². The highest BCUT2D eigenvalue weighted by molar-refractivity contribution is 9.10. The number of aromatic amines is 1. The number of rotatable bonds is 3. The Kier molecular flexibility index (Phi) is 4.34. The van der Waals surface area contributed by atoms with Gasteiger partial charge in [0, 0.05) is 10.0 Å². The summed E-state index contributed by atoms with van der Waals surface area (Å²) in [6.07, 6.45) is 3.50. The van der Waals surface area contributed by atoms with Crippen LogP contribution in [0.3, 0.4) is 0 Å². The zero-order valence-corrected chi connectivity index (χ0v) is 15.9. The molecule has 2 aromatic heterocycles. The van der Waals surface area contributed by atoms with Gasteiger partial charge in [0.15, 0.2) is 0 Å². The molecule has 0 fully saturated rings. The minimum Gasteiger partial charge on any atom is -0.465 e. The van der Waals surface area contributed by atoms with Crippen molar-refractivity contribution >= 4 is 22.0 Å². The van der Waals surface area contributed by atoms with Crippen molar-refractivity contribution in [2.45, 2.75) is 12.8 Å². The van der Waals surface area contributed by atoms with Crippen molar-refractivity contribution < 1.29 is 9.15 Å². The van der Waals surface area contributed by atoms with Gasteiger partial charge in [-0.1, -0.05) is 33.6 Å². The van der Waals surface area contributed by atoms with Gasteiger partial charge in [-0.05, 0) is 37.3 Å². The molecule has 27 heavy (non-hydrogen) atoms. The number of nitrogens with two attached hydrogens (primary N) is 1. The van der Waals surface area contributed by atoms with Crippen molar-refractivity contribution in [2.75, 3.05) is 0 Å². The van der Waals surface area contributed by atoms with Crippen LogP contribution in [0.4, 0.5) is 0 Å². The van der Waals surface area contributed by atoms with Crippen LogP contribution in [0.15, 0.2) is 68.6 Å². The molecule has 0 spiro atoms. The smallest absolute Gasteiger partial charge is 0.244 e. The lowest BCUT2D eigenvalue weighted by molar-refractivity contribution is 0.378. The fourth-order valence-corrected chi connectivity index (χ4v) is 3.48. The molecule has 0 aliphatic carbocycles. The van der Waals surface area contributed by atoms with E-state index in [1.54, 1.807) is 6.26 Å². The fourth-order valence-electron chi connectivity index (χ4n) is 3.22. The number of nitriles is 1. The van der Waals surface area contributed by atoms with Crippen molar-refractivity contribution in [2.24, 2.45) is 5.73 Å². The van der Waals surface area contributed by atoms with E-state index in [0.717, 1.165) is 26.9 Å². The molecule has 3 N–H and O–H groups in total. The molecule has 3 heterocycles. The largest absolute Gasteiger partial charge is 0.465 e. The normalized spacial score (nSPS) is 16.6. The quantitative estimate of drug-likeness (QED) is 0.636. The second kappa shape index (κ2) is 6.82. The number of aromatic nitrogens is 2. The number of fused-ring (bicyclic) bond motifs is 1. The van der Waals surface area contributed by atoms with Crippen molar-refractivity contribution in [3.05, 3.63) is 75.5 Å². The van der Waals surface area contributed by atoms with Gasteiger partial charge in [-0.25, -0.2) is 0 Å². The average molecular weight is 423 g/mol. The van der Waals surface area contributed by atoms with E-state index in [9.17, 15) is 5.26 Å². The highest BCUT2D eigenvalue weighted by atomic mass is 79.9. The van der Waals surface area contributed by atoms with Crippen molar-refractivity contribution in [3.8, 4) is 23.2 Å². The second-order valence-electron chi connectivity index (χ2n) is 6.15. The van der Waals surface area contributed by atoms with Crippen molar-refractivity contribution in [1.29, 1.82) is 5.26 Å². The molecule has 1 unspecified atom stereocenters. The number of allylic oxidation sites excluding steroid dienone is 2. The van der Waals surface area contributed by atoms with Gasteiger partial charge in [0.1, 0.15) is 17.4 Å². The first kappa shape index (κ1) is 17.2. The summed E-state index contributed by atoms with van der Waals surface area (Å²) in [5.41, 5.74) is 9.75. The van der Waals surface area contributed by atoms with Gasteiger partial charge >= 0.3 is 0 Å². The Bertz CT molecular complexity index is 1090. The number of nitrogens with zero attached hydrogens (tertiary/aromatic N) is 2. The number of benzene rings is 1. The summed E-state index contributed by atoms with van der Waals surface area (Å²) >= 11 is 3.44. The summed E-state index contributed by atoms with van der Waals surface area (Å²) in [7, 11) is 0. The lowest BCUT2D eigenvalue weighted by Crippen LogP contribution is -2.20. The van der Waals surface area contributed by atoms with E-state index in [2.05, 4.69) is 32.2 Å². The summed E-state index contributed by atoms with van der Waals surface area (Å²) in [5, 5.41) is 17.0. The maximum atomic E-state index is 9.71. The first-order valence-electron chi connectivity index (χ1n) is 8.22. The molecule has 3 aromatic rings. The molecule has 0 radical (unpaired) electrons. The zero-order chi connectivity index (χ0) is 19.0. The van der Waals surface area contributed by atoms with E-state index in [1.165, 1.54) is 0 Å². The predicted octanol–water partition coefficient (Wildman–Crippen LogP) is 4.71. The third-order valence-electron chi connectivity index (χ3n) is 4.44. The number of furan rings is 1. The Balaban J connectivity index is 1.89. The molecule has 4 rings (SSSR count). The van der Waals surface area contributed by atoms with Crippen LogP contribution in [-0.4, -0.2) is 10.2 Å². The predicted molar refractivity (Wildman–Crippen MR) is 104 cm³/mol. The van der Waals surface area contributed by atoms with Gasteiger partial charge in [0.05, 0.1) is 23.4 Å². The van der Waals surface area contributed by atoms with Gasteiger partial charge in [0.25, 0.3) is 0 Å². The highest BCUT2D eigenvalue weighted by Gasteiger charge is 2.35. The number of nitrogens with one attached hydrogen (secondary N) is 1. The first-order chi connectivity index (χ1) is 13.1.